The zero-order chi connectivity index (χ0) is 17.5. The number of carboxylic acid groups (broad SMARTS) is 2. The summed E-state index contributed by atoms with van der Waals surface area (Å²) in [7, 11) is 0. The van der Waals surface area contributed by atoms with Gasteiger partial charge in [-0.1, -0.05) is 58.3 Å². The molecule has 0 rings (SSSR count). The van der Waals surface area contributed by atoms with Crippen molar-refractivity contribution in [2.75, 3.05) is 0 Å². The van der Waals surface area contributed by atoms with Gasteiger partial charge in [0.05, 0.1) is 6.42 Å². The average Bonchev–Trinajstić information content (AvgIpc) is 2.49. The SMILES string of the molecule is CCCCCCCCCCCC(=O)NN[C@@H](CC(=O)O)C(=O)O. The minimum atomic E-state index is -1.32. The number of aliphatic carboxylic acids is 2. The lowest BCUT2D eigenvalue weighted by Crippen LogP contribution is -2.49. The highest BCUT2D eigenvalue weighted by Gasteiger charge is 2.20. The van der Waals surface area contributed by atoms with Gasteiger partial charge in [0.2, 0.25) is 5.91 Å². The van der Waals surface area contributed by atoms with E-state index in [0.717, 1.165) is 19.3 Å². The van der Waals surface area contributed by atoms with Crippen LogP contribution < -0.4 is 10.9 Å². The smallest absolute Gasteiger partial charge is 0.323 e. The fraction of sp³-hybridized carbons (Fsp3) is 0.812. The molecule has 0 fully saturated rings. The molecule has 0 radical (unpaired) electrons. The van der Waals surface area contributed by atoms with Crippen molar-refractivity contribution in [1.29, 1.82) is 0 Å². The van der Waals surface area contributed by atoms with E-state index in [1.54, 1.807) is 0 Å². The third-order valence-corrected chi connectivity index (χ3v) is 3.57. The third kappa shape index (κ3) is 13.7. The summed E-state index contributed by atoms with van der Waals surface area (Å²) in [6, 6.07) is -1.32. The summed E-state index contributed by atoms with van der Waals surface area (Å²) in [5.74, 6) is -2.86. The zero-order valence-corrected chi connectivity index (χ0v) is 14.0. The van der Waals surface area contributed by atoms with E-state index >= 15 is 0 Å². The first-order valence-electron chi connectivity index (χ1n) is 8.46. The van der Waals surface area contributed by atoms with E-state index in [0.29, 0.717) is 6.42 Å². The summed E-state index contributed by atoms with van der Waals surface area (Å²) in [5.41, 5.74) is 4.51. The van der Waals surface area contributed by atoms with Crippen LogP contribution in [0.25, 0.3) is 0 Å². The van der Waals surface area contributed by atoms with Gasteiger partial charge in [-0.2, -0.15) is 0 Å². The monoisotopic (exact) mass is 330 g/mol. The van der Waals surface area contributed by atoms with E-state index in [2.05, 4.69) is 17.8 Å². The Morgan fingerprint density at radius 3 is 1.87 bits per heavy atom. The van der Waals surface area contributed by atoms with Crippen LogP contribution in [0.15, 0.2) is 0 Å². The number of hydrogen-bond acceptors (Lipinski definition) is 4. The van der Waals surface area contributed by atoms with Gasteiger partial charge in [-0.05, 0) is 6.42 Å². The van der Waals surface area contributed by atoms with Gasteiger partial charge in [0.25, 0.3) is 0 Å². The summed E-state index contributed by atoms with van der Waals surface area (Å²) >= 11 is 0. The molecule has 23 heavy (non-hydrogen) atoms. The Labute approximate surface area is 137 Å². The first-order valence-corrected chi connectivity index (χ1v) is 8.46. The van der Waals surface area contributed by atoms with Crippen molar-refractivity contribution in [2.45, 2.75) is 83.6 Å². The Morgan fingerprint density at radius 1 is 0.870 bits per heavy atom. The Morgan fingerprint density at radius 2 is 1.39 bits per heavy atom. The second kappa shape index (κ2) is 14.0. The van der Waals surface area contributed by atoms with Gasteiger partial charge in [0, 0.05) is 6.42 Å². The number of hydrogen-bond donors (Lipinski definition) is 4. The Kier molecular flexibility index (Phi) is 13.0. The number of nitrogens with one attached hydrogen (secondary N) is 2. The maximum Gasteiger partial charge on any atom is 0.323 e. The van der Waals surface area contributed by atoms with Crippen LogP contribution in [0.3, 0.4) is 0 Å². The summed E-state index contributed by atoms with van der Waals surface area (Å²) in [6.45, 7) is 2.19. The molecule has 0 aromatic heterocycles. The molecule has 0 spiro atoms. The predicted octanol–water partition coefficient (Wildman–Crippen LogP) is 2.46. The van der Waals surface area contributed by atoms with Crippen molar-refractivity contribution in [3.05, 3.63) is 0 Å². The first kappa shape index (κ1) is 21.4. The van der Waals surface area contributed by atoms with Gasteiger partial charge in [0.15, 0.2) is 0 Å². The quantitative estimate of drug-likeness (QED) is 0.271. The van der Waals surface area contributed by atoms with Crippen molar-refractivity contribution < 1.29 is 24.6 Å². The van der Waals surface area contributed by atoms with Gasteiger partial charge >= 0.3 is 11.9 Å². The van der Waals surface area contributed by atoms with Gasteiger partial charge < -0.3 is 10.2 Å². The fourth-order valence-electron chi connectivity index (χ4n) is 2.20. The predicted molar refractivity (Wildman–Crippen MR) is 86.8 cm³/mol. The maximum absolute atomic E-state index is 11.5. The fourth-order valence-corrected chi connectivity index (χ4v) is 2.20. The van der Waals surface area contributed by atoms with Crippen molar-refractivity contribution >= 4 is 17.8 Å². The molecule has 7 nitrogen and oxygen atoms in total. The number of unbranched alkanes of at least 4 members (excludes halogenated alkanes) is 8. The number of carbonyl (C=O) groups excluding carboxylic acids is 1. The van der Waals surface area contributed by atoms with E-state index in [1.165, 1.54) is 38.5 Å². The second-order valence-corrected chi connectivity index (χ2v) is 5.76. The average molecular weight is 330 g/mol. The van der Waals surface area contributed by atoms with E-state index in [-0.39, 0.29) is 5.91 Å². The molecular weight excluding hydrogens is 300 g/mol. The second-order valence-electron chi connectivity index (χ2n) is 5.76. The van der Waals surface area contributed by atoms with Crippen molar-refractivity contribution in [2.24, 2.45) is 0 Å². The number of hydrazine groups is 1. The molecule has 0 unspecified atom stereocenters. The van der Waals surface area contributed by atoms with Crippen LogP contribution in [-0.4, -0.2) is 34.1 Å². The molecule has 0 aliphatic carbocycles. The number of amides is 1. The van der Waals surface area contributed by atoms with Crippen molar-refractivity contribution in [3.63, 3.8) is 0 Å². The highest BCUT2D eigenvalue weighted by atomic mass is 16.4. The minimum Gasteiger partial charge on any atom is -0.481 e. The molecule has 4 N–H and O–H groups in total. The van der Waals surface area contributed by atoms with Crippen LogP contribution >= 0.6 is 0 Å². The number of rotatable bonds is 15. The lowest BCUT2D eigenvalue weighted by Gasteiger charge is -2.13. The molecule has 0 aromatic rings. The minimum absolute atomic E-state index is 0.308. The molecule has 0 saturated heterocycles. The molecule has 1 atom stereocenters. The Hall–Kier alpha value is -1.63. The van der Waals surface area contributed by atoms with Gasteiger partial charge in [-0.15, -0.1) is 0 Å². The molecule has 1 amide bonds. The number of carboxylic acids is 2. The Balaban J connectivity index is 3.59. The third-order valence-electron chi connectivity index (χ3n) is 3.57. The molecule has 0 saturated carbocycles. The highest BCUT2D eigenvalue weighted by Crippen LogP contribution is 2.10. The molecule has 0 aliphatic rings. The summed E-state index contributed by atoms with van der Waals surface area (Å²) in [5, 5.41) is 17.4. The normalized spacial score (nSPS) is 11.9. The summed E-state index contributed by atoms with van der Waals surface area (Å²) in [6.07, 6.45) is 10.1. The molecule has 134 valence electrons. The van der Waals surface area contributed by atoms with E-state index in [4.69, 9.17) is 10.2 Å². The molecule has 0 aromatic carbocycles. The van der Waals surface area contributed by atoms with E-state index in [9.17, 15) is 14.4 Å². The van der Waals surface area contributed by atoms with Gasteiger partial charge in [-0.3, -0.25) is 19.8 Å². The summed E-state index contributed by atoms with van der Waals surface area (Å²) < 4.78 is 0. The van der Waals surface area contributed by atoms with E-state index in [1.807, 2.05) is 0 Å². The molecular formula is C16H30N2O5. The first-order chi connectivity index (χ1) is 11.0. The highest BCUT2D eigenvalue weighted by molar-refractivity contribution is 5.81. The number of carbonyl (C=O) groups is 3. The van der Waals surface area contributed by atoms with Crippen LogP contribution in [0, 0.1) is 0 Å². The van der Waals surface area contributed by atoms with Crippen LogP contribution in [0.5, 0.6) is 0 Å². The van der Waals surface area contributed by atoms with Gasteiger partial charge in [-0.25, -0.2) is 5.43 Å². The van der Waals surface area contributed by atoms with Crippen LogP contribution in [0.1, 0.15) is 77.6 Å². The van der Waals surface area contributed by atoms with Gasteiger partial charge in [0.1, 0.15) is 6.04 Å². The topological polar surface area (TPSA) is 116 Å². The molecule has 0 aliphatic heterocycles. The standard InChI is InChI=1S/C16H30N2O5/c1-2-3-4-5-6-7-8-9-10-11-14(19)18-17-13(16(22)23)12-15(20)21/h13,17H,2-12H2,1H3,(H,18,19)(H,20,21)(H,22,23)/t13-/m0/s1. The largest absolute Gasteiger partial charge is 0.481 e. The van der Waals surface area contributed by atoms with Crippen LogP contribution in [0.4, 0.5) is 0 Å². The lowest BCUT2D eigenvalue weighted by molar-refractivity contribution is -0.146. The van der Waals surface area contributed by atoms with Crippen molar-refractivity contribution in [1.82, 2.24) is 10.9 Å². The van der Waals surface area contributed by atoms with E-state index < -0.39 is 24.4 Å². The maximum atomic E-state index is 11.5. The van der Waals surface area contributed by atoms with Crippen molar-refractivity contribution in [3.8, 4) is 0 Å². The van der Waals surface area contributed by atoms with Crippen LogP contribution in [0.2, 0.25) is 0 Å². The summed E-state index contributed by atoms with van der Waals surface area (Å²) in [4.78, 5) is 32.8. The Bertz CT molecular complexity index is 360. The molecule has 0 bridgehead atoms. The van der Waals surface area contributed by atoms with Crippen LogP contribution in [-0.2, 0) is 14.4 Å². The lowest BCUT2D eigenvalue weighted by atomic mass is 10.1. The molecule has 7 heteroatoms. The molecule has 0 heterocycles. The zero-order valence-electron chi connectivity index (χ0n) is 14.0.